The molecular formula is C14H12N2O. The second kappa shape index (κ2) is 4.01. The third-order valence-corrected chi connectivity index (χ3v) is 3.01. The number of Topliss-reactive ketones (excluding diaryl/α,β-unsaturated/α-hetero) is 1. The largest absolute Gasteiger partial charge is 0.362 e. The third-order valence-electron chi connectivity index (χ3n) is 3.01. The van der Waals surface area contributed by atoms with Crippen LogP contribution < -0.4 is 5.32 Å². The van der Waals surface area contributed by atoms with Gasteiger partial charge in [0.1, 0.15) is 5.82 Å². The molecule has 2 aromatic rings. The van der Waals surface area contributed by atoms with E-state index in [0.29, 0.717) is 17.8 Å². The summed E-state index contributed by atoms with van der Waals surface area (Å²) in [6.07, 6.45) is 2.19. The van der Waals surface area contributed by atoms with Crippen LogP contribution in [0.1, 0.15) is 28.4 Å². The molecule has 0 saturated carbocycles. The molecule has 1 aromatic carbocycles. The summed E-state index contributed by atoms with van der Waals surface area (Å²) in [6, 6.07) is 13.6. The van der Waals surface area contributed by atoms with Crippen molar-refractivity contribution < 1.29 is 4.79 Å². The molecule has 0 radical (unpaired) electrons. The van der Waals surface area contributed by atoms with Crippen molar-refractivity contribution in [2.45, 2.75) is 12.5 Å². The van der Waals surface area contributed by atoms with E-state index in [2.05, 4.69) is 10.3 Å². The topological polar surface area (TPSA) is 42.0 Å². The molecule has 3 nitrogen and oxygen atoms in total. The molecule has 1 aliphatic heterocycles. The van der Waals surface area contributed by atoms with Crippen molar-refractivity contribution in [3.05, 3.63) is 59.8 Å². The highest BCUT2D eigenvalue weighted by atomic mass is 16.1. The fourth-order valence-electron chi connectivity index (χ4n) is 2.14. The highest BCUT2D eigenvalue weighted by Gasteiger charge is 2.25. The lowest BCUT2D eigenvalue weighted by Crippen LogP contribution is -2.23. The first-order valence-electron chi connectivity index (χ1n) is 5.64. The number of pyridine rings is 1. The fourth-order valence-corrected chi connectivity index (χ4v) is 2.14. The average molecular weight is 224 g/mol. The van der Waals surface area contributed by atoms with Crippen molar-refractivity contribution in [1.82, 2.24) is 4.98 Å². The number of benzene rings is 1. The minimum absolute atomic E-state index is 0.0334. The molecule has 0 aliphatic carbocycles. The van der Waals surface area contributed by atoms with Gasteiger partial charge in [-0.2, -0.15) is 0 Å². The predicted octanol–water partition coefficient (Wildman–Crippen LogP) is 2.82. The molecule has 1 aromatic heterocycles. The molecule has 1 N–H and O–H groups in total. The van der Waals surface area contributed by atoms with Crippen LogP contribution in [-0.4, -0.2) is 10.8 Å². The van der Waals surface area contributed by atoms with Crippen molar-refractivity contribution in [1.29, 1.82) is 0 Å². The zero-order valence-corrected chi connectivity index (χ0v) is 9.26. The number of ketones is 1. The lowest BCUT2D eigenvalue weighted by molar-refractivity contribution is 0.0971. The van der Waals surface area contributed by atoms with Crippen molar-refractivity contribution >= 4 is 11.6 Å². The number of hydrogen-bond acceptors (Lipinski definition) is 3. The summed E-state index contributed by atoms with van der Waals surface area (Å²) in [4.78, 5) is 16.2. The summed E-state index contributed by atoms with van der Waals surface area (Å²) in [5, 5.41) is 3.31. The summed E-state index contributed by atoms with van der Waals surface area (Å²) in [5.41, 5.74) is 1.82. The Balaban J connectivity index is 1.97. The van der Waals surface area contributed by atoms with Crippen molar-refractivity contribution in [2.75, 3.05) is 5.32 Å². The Hall–Kier alpha value is -2.16. The first kappa shape index (κ1) is 10.0. The van der Waals surface area contributed by atoms with E-state index in [1.165, 1.54) is 0 Å². The predicted molar refractivity (Wildman–Crippen MR) is 66.0 cm³/mol. The number of aromatic nitrogens is 1. The van der Waals surface area contributed by atoms with Crippen LogP contribution >= 0.6 is 0 Å². The minimum atomic E-state index is 0.0334. The highest BCUT2D eigenvalue weighted by Crippen LogP contribution is 2.30. The average Bonchev–Trinajstić information content (AvgIpc) is 2.40. The monoisotopic (exact) mass is 224 g/mol. The van der Waals surface area contributed by atoms with Crippen molar-refractivity contribution in [3.63, 3.8) is 0 Å². The van der Waals surface area contributed by atoms with Gasteiger partial charge < -0.3 is 5.32 Å². The molecule has 3 heteroatoms. The van der Waals surface area contributed by atoms with Crippen LogP contribution in [0.5, 0.6) is 0 Å². The van der Waals surface area contributed by atoms with Gasteiger partial charge in [0.05, 0.1) is 11.6 Å². The zero-order valence-electron chi connectivity index (χ0n) is 9.26. The smallest absolute Gasteiger partial charge is 0.168 e. The SMILES string of the molecule is O=C1CC(c2ccccc2)Nc2ncccc21. The van der Waals surface area contributed by atoms with Crippen LogP contribution in [0.2, 0.25) is 0 Å². The van der Waals surface area contributed by atoms with Gasteiger partial charge in [-0.3, -0.25) is 4.79 Å². The number of carbonyl (C=O) groups excluding carboxylic acids is 1. The number of hydrogen-bond donors (Lipinski definition) is 1. The van der Waals surface area contributed by atoms with E-state index in [1.54, 1.807) is 12.3 Å². The van der Waals surface area contributed by atoms with Crippen molar-refractivity contribution in [3.8, 4) is 0 Å². The molecule has 0 amide bonds. The van der Waals surface area contributed by atoms with E-state index in [-0.39, 0.29) is 11.8 Å². The molecule has 1 atom stereocenters. The first-order chi connectivity index (χ1) is 8.34. The van der Waals surface area contributed by atoms with E-state index in [4.69, 9.17) is 0 Å². The second-order valence-corrected chi connectivity index (χ2v) is 4.13. The second-order valence-electron chi connectivity index (χ2n) is 4.13. The maximum absolute atomic E-state index is 12.0. The molecule has 1 aliphatic rings. The minimum Gasteiger partial charge on any atom is -0.362 e. The Morgan fingerprint density at radius 1 is 1.12 bits per heavy atom. The van der Waals surface area contributed by atoms with Gasteiger partial charge in [-0.1, -0.05) is 30.3 Å². The molecular weight excluding hydrogens is 212 g/mol. The Morgan fingerprint density at radius 2 is 1.94 bits per heavy atom. The number of nitrogens with zero attached hydrogens (tertiary/aromatic N) is 1. The summed E-state index contributed by atoms with van der Waals surface area (Å²) in [7, 11) is 0. The summed E-state index contributed by atoms with van der Waals surface area (Å²) in [5.74, 6) is 0.846. The lowest BCUT2D eigenvalue weighted by atomic mass is 9.94. The van der Waals surface area contributed by atoms with Gasteiger partial charge in [-0.15, -0.1) is 0 Å². The van der Waals surface area contributed by atoms with Gasteiger partial charge in [0.2, 0.25) is 0 Å². The maximum Gasteiger partial charge on any atom is 0.168 e. The van der Waals surface area contributed by atoms with E-state index >= 15 is 0 Å². The quantitative estimate of drug-likeness (QED) is 0.809. The van der Waals surface area contributed by atoms with Crippen LogP contribution in [0.15, 0.2) is 48.7 Å². The van der Waals surface area contributed by atoms with E-state index in [0.717, 1.165) is 5.56 Å². The number of anilines is 1. The normalized spacial score (nSPS) is 18.4. The van der Waals surface area contributed by atoms with Crippen LogP contribution in [0.3, 0.4) is 0 Å². The van der Waals surface area contributed by atoms with Crippen LogP contribution in [0.4, 0.5) is 5.82 Å². The maximum atomic E-state index is 12.0. The molecule has 84 valence electrons. The molecule has 0 bridgehead atoms. The molecule has 17 heavy (non-hydrogen) atoms. The van der Waals surface area contributed by atoms with Gasteiger partial charge in [-0.25, -0.2) is 4.98 Å². The number of nitrogens with one attached hydrogen (secondary N) is 1. The zero-order chi connectivity index (χ0) is 11.7. The molecule has 2 heterocycles. The third kappa shape index (κ3) is 1.80. The molecule has 1 unspecified atom stereocenters. The number of carbonyl (C=O) groups is 1. The summed E-state index contributed by atoms with van der Waals surface area (Å²) < 4.78 is 0. The first-order valence-corrected chi connectivity index (χ1v) is 5.64. The van der Waals surface area contributed by atoms with Gasteiger partial charge in [0.15, 0.2) is 5.78 Å². The Labute approximate surface area is 99.5 Å². The van der Waals surface area contributed by atoms with Gasteiger partial charge >= 0.3 is 0 Å². The molecule has 3 rings (SSSR count). The van der Waals surface area contributed by atoms with Gasteiger partial charge in [0.25, 0.3) is 0 Å². The van der Waals surface area contributed by atoms with E-state index in [9.17, 15) is 4.79 Å². The van der Waals surface area contributed by atoms with Crippen molar-refractivity contribution in [2.24, 2.45) is 0 Å². The molecule has 0 fully saturated rings. The molecule has 0 spiro atoms. The Kier molecular flexibility index (Phi) is 2.37. The standard InChI is InChI=1S/C14H12N2O/c17-13-9-12(10-5-2-1-3-6-10)16-14-11(13)7-4-8-15-14/h1-8,12H,9H2,(H,15,16). The fraction of sp³-hybridized carbons (Fsp3) is 0.143. The van der Waals surface area contributed by atoms with E-state index in [1.807, 2.05) is 36.4 Å². The van der Waals surface area contributed by atoms with Gasteiger partial charge in [0, 0.05) is 12.6 Å². The van der Waals surface area contributed by atoms with Gasteiger partial charge in [-0.05, 0) is 17.7 Å². The highest BCUT2D eigenvalue weighted by molar-refractivity contribution is 6.02. The number of rotatable bonds is 1. The van der Waals surface area contributed by atoms with E-state index < -0.39 is 0 Å². The summed E-state index contributed by atoms with van der Waals surface area (Å²) >= 11 is 0. The van der Waals surface area contributed by atoms with Crippen LogP contribution in [0.25, 0.3) is 0 Å². The molecule has 0 saturated heterocycles. The Morgan fingerprint density at radius 3 is 2.76 bits per heavy atom. The number of fused-ring (bicyclic) bond motifs is 1. The summed E-state index contributed by atoms with van der Waals surface area (Å²) in [6.45, 7) is 0. The van der Waals surface area contributed by atoms with Crippen LogP contribution in [-0.2, 0) is 0 Å². The lowest BCUT2D eigenvalue weighted by Gasteiger charge is -2.25. The van der Waals surface area contributed by atoms with Crippen LogP contribution in [0, 0.1) is 0 Å². The Bertz CT molecular complexity index is 551.